The van der Waals surface area contributed by atoms with Crippen LogP contribution in [0.15, 0.2) is 29.3 Å². The summed E-state index contributed by atoms with van der Waals surface area (Å²) >= 11 is 1.52. The second-order valence-electron chi connectivity index (χ2n) is 5.34. The molecule has 1 aliphatic heterocycles. The summed E-state index contributed by atoms with van der Waals surface area (Å²) in [7, 11) is 0. The van der Waals surface area contributed by atoms with Crippen molar-refractivity contribution in [1.29, 1.82) is 0 Å². The van der Waals surface area contributed by atoms with Gasteiger partial charge in [0.1, 0.15) is 11.4 Å². The van der Waals surface area contributed by atoms with E-state index in [9.17, 15) is 4.79 Å². The summed E-state index contributed by atoms with van der Waals surface area (Å²) in [5.41, 5.74) is 3.38. The van der Waals surface area contributed by atoms with Crippen molar-refractivity contribution in [3.63, 3.8) is 0 Å². The molecule has 2 unspecified atom stereocenters. The maximum atomic E-state index is 11.7. The zero-order valence-electron chi connectivity index (χ0n) is 11.8. The summed E-state index contributed by atoms with van der Waals surface area (Å²) < 4.78 is 5.20. The number of hydrogen-bond acceptors (Lipinski definition) is 4. The molecule has 104 valence electrons. The first-order valence-corrected chi connectivity index (χ1v) is 7.66. The van der Waals surface area contributed by atoms with Gasteiger partial charge >= 0.3 is 5.97 Å². The zero-order valence-corrected chi connectivity index (χ0v) is 12.7. The highest BCUT2D eigenvalue weighted by Gasteiger charge is 2.33. The van der Waals surface area contributed by atoms with Gasteiger partial charge in [-0.2, -0.15) is 0 Å². The molecule has 1 saturated heterocycles. The topological polar surface area (TPSA) is 39.2 Å². The van der Waals surface area contributed by atoms with Crippen LogP contribution < -0.4 is 0 Å². The van der Waals surface area contributed by atoms with Crippen molar-refractivity contribution >= 4 is 28.6 Å². The van der Waals surface area contributed by atoms with Gasteiger partial charge in [-0.05, 0) is 38.0 Å². The molecule has 1 aliphatic rings. The monoisotopic (exact) mass is 287 g/mol. The van der Waals surface area contributed by atoms with Gasteiger partial charge in [0.15, 0.2) is 0 Å². The minimum absolute atomic E-state index is 0.0169. The highest BCUT2D eigenvalue weighted by atomic mass is 32.2. The van der Waals surface area contributed by atoms with Gasteiger partial charge in [0, 0.05) is 11.8 Å². The maximum absolute atomic E-state index is 11.7. The third-order valence-electron chi connectivity index (χ3n) is 3.61. The Balaban J connectivity index is 1.97. The van der Waals surface area contributed by atoms with Crippen LogP contribution in [0.3, 0.4) is 0 Å². The van der Waals surface area contributed by atoms with Gasteiger partial charge in [-0.15, -0.1) is 0 Å². The SMILES string of the molecule is Cc1cc(SC2CC(C)OC2=O)nc2c(C)cccc12. The van der Waals surface area contributed by atoms with Crippen molar-refractivity contribution < 1.29 is 9.53 Å². The third-order valence-corrected chi connectivity index (χ3v) is 4.73. The fraction of sp³-hybridized carbons (Fsp3) is 0.375. The molecule has 3 rings (SSSR count). The van der Waals surface area contributed by atoms with Gasteiger partial charge in [-0.1, -0.05) is 30.0 Å². The van der Waals surface area contributed by atoms with Crippen LogP contribution in [-0.4, -0.2) is 22.3 Å². The second kappa shape index (κ2) is 5.09. The number of pyridine rings is 1. The van der Waals surface area contributed by atoms with Crippen molar-refractivity contribution in [1.82, 2.24) is 4.98 Å². The molecule has 0 bridgehead atoms. The molecule has 0 radical (unpaired) electrons. The number of esters is 1. The van der Waals surface area contributed by atoms with E-state index in [4.69, 9.17) is 9.72 Å². The van der Waals surface area contributed by atoms with Crippen molar-refractivity contribution in [2.45, 2.75) is 43.6 Å². The van der Waals surface area contributed by atoms with Crippen LogP contribution in [0.4, 0.5) is 0 Å². The Morgan fingerprint density at radius 3 is 2.80 bits per heavy atom. The molecular weight excluding hydrogens is 270 g/mol. The third kappa shape index (κ3) is 2.40. The number of aryl methyl sites for hydroxylation is 2. The predicted octanol–water partition coefficient (Wildman–Crippen LogP) is 3.65. The number of rotatable bonds is 2. The van der Waals surface area contributed by atoms with Crippen molar-refractivity contribution in [2.24, 2.45) is 0 Å². The molecule has 0 amide bonds. The van der Waals surface area contributed by atoms with Gasteiger partial charge < -0.3 is 4.74 Å². The lowest BCUT2D eigenvalue weighted by Crippen LogP contribution is -2.09. The number of benzene rings is 1. The number of carbonyl (C=O) groups excluding carboxylic acids is 1. The van der Waals surface area contributed by atoms with E-state index in [-0.39, 0.29) is 17.3 Å². The molecule has 20 heavy (non-hydrogen) atoms. The molecule has 4 heteroatoms. The first kappa shape index (κ1) is 13.4. The highest BCUT2D eigenvalue weighted by Crippen LogP contribution is 2.33. The van der Waals surface area contributed by atoms with E-state index in [1.165, 1.54) is 22.7 Å². The van der Waals surface area contributed by atoms with Crippen LogP contribution in [0.5, 0.6) is 0 Å². The maximum Gasteiger partial charge on any atom is 0.319 e. The predicted molar refractivity (Wildman–Crippen MR) is 81.0 cm³/mol. The normalized spacial score (nSPS) is 22.2. The van der Waals surface area contributed by atoms with Crippen LogP contribution in [0.2, 0.25) is 0 Å². The Labute approximate surface area is 122 Å². The standard InChI is InChI=1S/C16H17NO2S/c1-9-5-4-6-12-10(2)7-14(17-15(9)12)20-13-8-11(3)19-16(13)18/h4-7,11,13H,8H2,1-3H3. The van der Waals surface area contributed by atoms with Crippen molar-refractivity contribution in [2.75, 3.05) is 0 Å². The van der Waals surface area contributed by atoms with Crippen molar-refractivity contribution in [3.8, 4) is 0 Å². The Bertz CT molecular complexity index is 683. The number of carbonyl (C=O) groups is 1. The molecule has 3 nitrogen and oxygen atoms in total. The molecule has 0 aliphatic carbocycles. The minimum atomic E-state index is -0.127. The van der Waals surface area contributed by atoms with Gasteiger partial charge in [-0.3, -0.25) is 4.79 Å². The van der Waals surface area contributed by atoms with E-state index in [0.717, 1.165) is 22.5 Å². The Kier molecular flexibility index (Phi) is 3.42. The van der Waals surface area contributed by atoms with Crippen LogP contribution >= 0.6 is 11.8 Å². The largest absolute Gasteiger partial charge is 0.462 e. The highest BCUT2D eigenvalue weighted by molar-refractivity contribution is 8.00. The lowest BCUT2D eigenvalue weighted by molar-refractivity contribution is -0.140. The lowest BCUT2D eigenvalue weighted by Gasteiger charge is -2.09. The molecule has 0 N–H and O–H groups in total. The number of cyclic esters (lactones) is 1. The van der Waals surface area contributed by atoms with Gasteiger partial charge in [0.25, 0.3) is 0 Å². The average molecular weight is 287 g/mol. The lowest BCUT2D eigenvalue weighted by atomic mass is 10.1. The number of fused-ring (bicyclic) bond motifs is 1. The van der Waals surface area contributed by atoms with Crippen LogP contribution in [-0.2, 0) is 9.53 Å². The fourth-order valence-electron chi connectivity index (χ4n) is 2.55. The Hall–Kier alpha value is -1.55. The second-order valence-corrected chi connectivity index (χ2v) is 6.56. The number of hydrogen-bond donors (Lipinski definition) is 0. The smallest absolute Gasteiger partial charge is 0.319 e. The van der Waals surface area contributed by atoms with Crippen LogP contribution in [0.25, 0.3) is 10.9 Å². The zero-order chi connectivity index (χ0) is 14.3. The van der Waals surface area contributed by atoms with E-state index in [1.807, 2.05) is 6.92 Å². The number of aromatic nitrogens is 1. The number of thioether (sulfide) groups is 1. The summed E-state index contributed by atoms with van der Waals surface area (Å²) in [5, 5.41) is 1.95. The minimum Gasteiger partial charge on any atom is -0.462 e. The first-order chi connectivity index (χ1) is 9.54. The Morgan fingerprint density at radius 1 is 1.30 bits per heavy atom. The fourth-order valence-corrected chi connectivity index (χ4v) is 3.75. The van der Waals surface area contributed by atoms with E-state index in [0.29, 0.717) is 0 Å². The number of para-hydroxylation sites is 1. The summed E-state index contributed by atoms with van der Waals surface area (Å²) in [4.78, 5) is 16.4. The quantitative estimate of drug-likeness (QED) is 0.790. The van der Waals surface area contributed by atoms with Crippen molar-refractivity contribution in [3.05, 3.63) is 35.4 Å². The van der Waals surface area contributed by atoms with Crippen LogP contribution in [0, 0.1) is 13.8 Å². The molecule has 1 aromatic carbocycles. The summed E-state index contributed by atoms with van der Waals surface area (Å²) in [6.45, 7) is 6.08. The molecule has 0 saturated carbocycles. The summed E-state index contributed by atoms with van der Waals surface area (Å²) in [5.74, 6) is -0.119. The van der Waals surface area contributed by atoms with E-state index < -0.39 is 0 Å². The summed E-state index contributed by atoms with van der Waals surface area (Å²) in [6, 6.07) is 8.26. The summed E-state index contributed by atoms with van der Waals surface area (Å²) in [6.07, 6.45) is 0.777. The van der Waals surface area contributed by atoms with Gasteiger partial charge in [0.2, 0.25) is 0 Å². The van der Waals surface area contributed by atoms with E-state index in [2.05, 4.69) is 38.1 Å². The van der Waals surface area contributed by atoms with Gasteiger partial charge in [0.05, 0.1) is 10.5 Å². The molecule has 2 aromatic rings. The molecule has 1 aromatic heterocycles. The average Bonchev–Trinajstić information content (AvgIpc) is 2.69. The van der Waals surface area contributed by atoms with E-state index in [1.54, 1.807) is 0 Å². The molecule has 2 atom stereocenters. The van der Waals surface area contributed by atoms with Crippen LogP contribution in [0.1, 0.15) is 24.5 Å². The molecule has 2 heterocycles. The van der Waals surface area contributed by atoms with E-state index >= 15 is 0 Å². The van der Waals surface area contributed by atoms with Gasteiger partial charge in [-0.25, -0.2) is 4.98 Å². The molecule has 0 spiro atoms. The number of nitrogens with zero attached hydrogens (tertiary/aromatic N) is 1. The number of ether oxygens (including phenoxy) is 1. The molecular formula is C16H17NO2S. The Morgan fingerprint density at radius 2 is 2.10 bits per heavy atom. The molecule has 1 fully saturated rings. The first-order valence-electron chi connectivity index (χ1n) is 6.78.